The van der Waals surface area contributed by atoms with Crippen LogP contribution in [0.25, 0.3) is 5.57 Å². The summed E-state index contributed by atoms with van der Waals surface area (Å²) in [5.74, 6) is 0.667. The third-order valence-corrected chi connectivity index (χ3v) is 5.06. The predicted molar refractivity (Wildman–Crippen MR) is 110 cm³/mol. The van der Waals surface area contributed by atoms with E-state index in [1.807, 2.05) is 30.3 Å². The maximum absolute atomic E-state index is 13.1. The Morgan fingerprint density at radius 2 is 1.93 bits per heavy atom. The molecule has 5 nitrogen and oxygen atoms in total. The van der Waals surface area contributed by atoms with Gasteiger partial charge >= 0.3 is 0 Å². The van der Waals surface area contributed by atoms with Gasteiger partial charge < -0.3 is 14.5 Å². The van der Waals surface area contributed by atoms with Gasteiger partial charge in [-0.25, -0.2) is 0 Å². The quantitative estimate of drug-likeness (QED) is 0.807. The number of quaternary nitrogens is 1. The molecule has 0 radical (unpaired) electrons. The lowest BCUT2D eigenvalue weighted by Crippen LogP contribution is -3.13. The summed E-state index contributed by atoms with van der Waals surface area (Å²) >= 11 is 0. The van der Waals surface area contributed by atoms with Crippen molar-refractivity contribution in [2.24, 2.45) is 0 Å². The van der Waals surface area contributed by atoms with Gasteiger partial charge in [-0.15, -0.1) is 0 Å². The molecule has 1 atom stereocenters. The first-order chi connectivity index (χ1) is 13.7. The lowest BCUT2D eigenvalue weighted by atomic mass is 9.99. The molecule has 1 aliphatic rings. The average molecular weight is 376 g/mol. The Kier molecular flexibility index (Phi) is 6.83. The molecule has 1 N–H and O–H groups in total. The molecular formula is C23H26N3O2+. The van der Waals surface area contributed by atoms with E-state index in [2.05, 4.69) is 36.4 Å². The number of carbonyl (C=O) groups excluding carboxylic acids is 1. The summed E-state index contributed by atoms with van der Waals surface area (Å²) in [6.45, 7) is 2.52. The van der Waals surface area contributed by atoms with Gasteiger partial charge in [0.25, 0.3) is 5.91 Å². The molecular weight excluding hydrogens is 350 g/mol. The van der Waals surface area contributed by atoms with E-state index in [9.17, 15) is 4.79 Å². The molecule has 28 heavy (non-hydrogen) atoms. The molecule has 0 spiro atoms. The van der Waals surface area contributed by atoms with Crippen LogP contribution in [0.1, 0.15) is 18.4 Å². The van der Waals surface area contributed by atoms with Crippen LogP contribution < -0.4 is 14.5 Å². The van der Waals surface area contributed by atoms with Gasteiger partial charge in [-0.3, -0.25) is 4.79 Å². The van der Waals surface area contributed by atoms with E-state index in [-0.39, 0.29) is 12.3 Å². The molecule has 2 aromatic rings. The van der Waals surface area contributed by atoms with Crippen LogP contribution in [0.3, 0.4) is 0 Å². The fourth-order valence-electron chi connectivity index (χ4n) is 3.56. The van der Waals surface area contributed by atoms with Crippen molar-refractivity contribution in [3.8, 4) is 11.8 Å². The first-order valence-electron chi connectivity index (χ1n) is 9.61. The fourth-order valence-corrected chi connectivity index (χ4v) is 3.56. The molecule has 3 rings (SSSR count). The SMILES string of the molecule is COc1ccccc1N(CCC#N)C(=O)C[NH+]1CC=C(c2ccccc2)CC1. The number of benzene rings is 2. The second kappa shape index (κ2) is 9.72. The average Bonchev–Trinajstić information content (AvgIpc) is 2.75. The van der Waals surface area contributed by atoms with Gasteiger partial charge in [-0.2, -0.15) is 5.26 Å². The Morgan fingerprint density at radius 1 is 1.18 bits per heavy atom. The first kappa shape index (κ1) is 19.7. The van der Waals surface area contributed by atoms with Gasteiger partial charge in [-0.1, -0.05) is 42.5 Å². The topological polar surface area (TPSA) is 57.8 Å². The number of ether oxygens (including phenoxy) is 1. The Hall–Kier alpha value is -3.10. The van der Waals surface area contributed by atoms with Gasteiger partial charge in [0, 0.05) is 13.0 Å². The number of nitriles is 1. The summed E-state index contributed by atoms with van der Waals surface area (Å²) in [5, 5.41) is 9.00. The van der Waals surface area contributed by atoms with Crippen LogP contribution in [0.4, 0.5) is 5.69 Å². The third kappa shape index (κ3) is 4.79. The first-order valence-corrected chi connectivity index (χ1v) is 9.61. The van der Waals surface area contributed by atoms with Crippen molar-refractivity contribution in [1.82, 2.24) is 0 Å². The smallest absolute Gasteiger partial charge is 0.282 e. The van der Waals surface area contributed by atoms with E-state index >= 15 is 0 Å². The molecule has 5 heteroatoms. The Bertz CT molecular complexity index is 871. The molecule has 1 aliphatic heterocycles. The van der Waals surface area contributed by atoms with E-state index in [1.54, 1.807) is 12.0 Å². The number of methoxy groups -OCH3 is 1. The van der Waals surface area contributed by atoms with Crippen molar-refractivity contribution in [3.05, 3.63) is 66.2 Å². The third-order valence-electron chi connectivity index (χ3n) is 5.06. The summed E-state index contributed by atoms with van der Waals surface area (Å²) in [6.07, 6.45) is 3.49. The van der Waals surface area contributed by atoms with Crippen LogP contribution in [-0.4, -0.2) is 39.2 Å². The van der Waals surface area contributed by atoms with Crippen molar-refractivity contribution in [2.45, 2.75) is 12.8 Å². The number of nitrogens with zero attached hydrogens (tertiary/aromatic N) is 2. The molecule has 0 saturated carbocycles. The molecule has 1 amide bonds. The largest absolute Gasteiger partial charge is 0.495 e. The van der Waals surface area contributed by atoms with Crippen molar-refractivity contribution >= 4 is 17.2 Å². The van der Waals surface area contributed by atoms with Crippen LogP contribution in [0.5, 0.6) is 5.75 Å². The van der Waals surface area contributed by atoms with Crippen molar-refractivity contribution in [1.29, 1.82) is 5.26 Å². The highest BCUT2D eigenvalue weighted by molar-refractivity contribution is 5.95. The zero-order chi connectivity index (χ0) is 19.8. The maximum atomic E-state index is 13.1. The van der Waals surface area contributed by atoms with E-state index in [1.165, 1.54) is 16.0 Å². The highest BCUT2D eigenvalue weighted by Crippen LogP contribution is 2.27. The van der Waals surface area contributed by atoms with Crippen molar-refractivity contribution in [2.75, 3.05) is 38.2 Å². The van der Waals surface area contributed by atoms with Gasteiger partial charge in [0.15, 0.2) is 6.54 Å². The zero-order valence-electron chi connectivity index (χ0n) is 16.2. The molecule has 1 heterocycles. The number of anilines is 1. The number of carbonyl (C=O) groups is 1. The Labute approximate surface area is 166 Å². The number of hydrogen-bond acceptors (Lipinski definition) is 3. The van der Waals surface area contributed by atoms with Gasteiger partial charge in [0.2, 0.25) is 0 Å². The van der Waals surface area contributed by atoms with E-state index in [0.29, 0.717) is 18.8 Å². The van der Waals surface area contributed by atoms with Crippen LogP contribution in [0.15, 0.2) is 60.7 Å². The zero-order valence-corrected chi connectivity index (χ0v) is 16.2. The van der Waals surface area contributed by atoms with Crippen molar-refractivity contribution < 1.29 is 14.4 Å². The molecule has 144 valence electrons. The summed E-state index contributed by atoms with van der Waals surface area (Å²) in [7, 11) is 1.59. The second-order valence-corrected chi connectivity index (χ2v) is 6.85. The number of amides is 1. The summed E-state index contributed by atoms with van der Waals surface area (Å²) in [5.41, 5.74) is 3.34. The number of para-hydroxylation sites is 2. The maximum Gasteiger partial charge on any atom is 0.282 e. The van der Waals surface area contributed by atoms with Gasteiger partial charge in [0.1, 0.15) is 5.75 Å². The number of nitrogens with one attached hydrogen (secondary N) is 1. The van der Waals surface area contributed by atoms with E-state index in [0.717, 1.165) is 25.2 Å². The van der Waals surface area contributed by atoms with Crippen molar-refractivity contribution in [3.63, 3.8) is 0 Å². The minimum Gasteiger partial charge on any atom is -0.495 e. The monoisotopic (exact) mass is 376 g/mol. The van der Waals surface area contributed by atoms with Crippen LogP contribution >= 0.6 is 0 Å². The Morgan fingerprint density at radius 3 is 2.61 bits per heavy atom. The number of rotatable bonds is 7. The van der Waals surface area contributed by atoms with Gasteiger partial charge in [0.05, 0.1) is 38.4 Å². The van der Waals surface area contributed by atoms with Crippen LogP contribution in [0, 0.1) is 11.3 Å². The normalized spacial score (nSPS) is 16.0. The summed E-state index contributed by atoms with van der Waals surface area (Å²) in [6, 6.07) is 20.0. The lowest BCUT2D eigenvalue weighted by molar-refractivity contribution is -0.886. The minimum absolute atomic E-state index is 0.0197. The summed E-state index contributed by atoms with van der Waals surface area (Å²) < 4.78 is 5.42. The molecule has 0 aromatic heterocycles. The summed E-state index contributed by atoms with van der Waals surface area (Å²) in [4.78, 5) is 16.0. The highest BCUT2D eigenvalue weighted by atomic mass is 16.5. The molecule has 0 fully saturated rings. The molecule has 0 saturated heterocycles. The Balaban J connectivity index is 1.69. The standard InChI is InChI=1S/C23H25N3O2/c1-28-22-11-6-5-10-21(22)26(15-7-14-24)23(27)18-25-16-12-20(13-17-25)19-8-3-2-4-9-19/h2-6,8-12H,7,13,15-18H2,1H3/p+1. The van der Waals surface area contributed by atoms with E-state index in [4.69, 9.17) is 10.00 Å². The second-order valence-electron chi connectivity index (χ2n) is 6.85. The van der Waals surface area contributed by atoms with Crippen LogP contribution in [0.2, 0.25) is 0 Å². The lowest BCUT2D eigenvalue weighted by Gasteiger charge is -2.28. The number of hydrogen-bond donors (Lipinski definition) is 1. The fraction of sp³-hybridized carbons (Fsp3) is 0.304. The predicted octanol–water partition coefficient (Wildman–Crippen LogP) is 2.31. The van der Waals surface area contributed by atoms with Crippen LogP contribution in [-0.2, 0) is 4.79 Å². The van der Waals surface area contributed by atoms with E-state index < -0.39 is 0 Å². The molecule has 0 aliphatic carbocycles. The molecule has 2 aromatic carbocycles. The molecule has 0 bridgehead atoms. The van der Waals surface area contributed by atoms with Gasteiger partial charge in [-0.05, 0) is 29.3 Å². The molecule has 1 unspecified atom stereocenters. The highest BCUT2D eigenvalue weighted by Gasteiger charge is 2.25. The minimum atomic E-state index is 0.0197.